The van der Waals surface area contributed by atoms with Gasteiger partial charge >= 0.3 is 0 Å². The number of anilines is 1. The highest BCUT2D eigenvalue weighted by atomic mass is 35.5. The molecule has 0 aliphatic carbocycles. The van der Waals surface area contributed by atoms with Crippen molar-refractivity contribution in [1.29, 1.82) is 0 Å². The standard InChI is InChI=1S/C23H23Cl2N5O3S/c1-3-11-30-20(13-26-22(32)15-5-10-18(24)19(25)12-15)28-29-23(30)34-14-21(31)27-16-6-8-17(9-7-16)33-4-2/h3,5-10,12H,1,4,11,13-14H2,2H3,(H,26,32)(H,27,31). The average molecular weight is 520 g/mol. The van der Waals surface area contributed by atoms with Crippen LogP contribution in [0.4, 0.5) is 5.69 Å². The normalized spacial score (nSPS) is 10.6. The summed E-state index contributed by atoms with van der Waals surface area (Å²) >= 11 is 13.1. The first-order valence-electron chi connectivity index (χ1n) is 10.3. The molecule has 0 saturated heterocycles. The van der Waals surface area contributed by atoms with E-state index in [1.807, 2.05) is 6.92 Å². The van der Waals surface area contributed by atoms with Crippen molar-refractivity contribution in [3.05, 3.63) is 76.6 Å². The summed E-state index contributed by atoms with van der Waals surface area (Å²) < 4.78 is 7.19. The van der Waals surface area contributed by atoms with Gasteiger partial charge in [0.2, 0.25) is 5.91 Å². The molecule has 3 rings (SSSR count). The maximum absolute atomic E-state index is 12.4. The van der Waals surface area contributed by atoms with Crippen molar-refractivity contribution in [2.24, 2.45) is 0 Å². The molecule has 0 fully saturated rings. The summed E-state index contributed by atoms with van der Waals surface area (Å²) in [5.41, 5.74) is 1.05. The zero-order chi connectivity index (χ0) is 24.5. The zero-order valence-corrected chi connectivity index (χ0v) is 20.7. The van der Waals surface area contributed by atoms with E-state index in [4.69, 9.17) is 27.9 Å². The molecule has 0 unspecified atom stereocenters. The number of thioether (sulfide) groups is 1. The van der Waals surface area contributed by atoms with Crippen LogP contribution in [0.2, 0.25) is 10.0 Å². The van der Waals surface area contributed by atoms with Crippen LogP contribution < -0.4 is 15.4 Å². The van der Waals surface area contributed by atoms with Crippen molar-refractivity contribution in [1.82, 2.24) is 20.1 Å². The number of carbonyl (C=O) groups excluding carboxylic acids is 2. The van der Waals surface area contributed by atoms with Crippen LogP contribution in [-0.4, -0.2) is 38.9 Å². The number of carbonyl (C=O) groups is 2. The Morgan fingerprint density at radius 1 is 1.15 bits per heavy atom. The number of aromatic nitrogens is 3. The lowest BCUT2D eigenvalue weighted by Crippen LogP contribution is -2.25. The van der Waals surface area contributed by atoms with Gasteiger partial charge in [-0.2, -0.15) is 0 Å². The monoisotopic (exact) mass is 519 g/mol. The predicted octanol–water partition coefficient (Wildman–Crippen LogP) is 4.83. The van der Waals surface area contributed by atoms with Gasteiger partial charge in [-0.1, -0.05) is 41.0 Å². The van der Waals surface area contributed by atoms with E-state index in [1.54, 1.807) is 47.0 Å². The van der Waals surface area contributed by atoms with Gasteiger partial charge in [-0.05, 0) is 49.4 Å². The summed E-state index contributed by atoms with van der Waals surface area (Å²) in [4.78, 5) is 24.8. The van der Waals surface area contributed by atoms with Gasteiger partial charge in [0, 0.05) is 17.8 Å². The lowest BCUT2D eigenvalue weighted by atomic mass is 10.2. The first kappa shape index (κ1) is 25.6. The third-order valence-electron chi connectivity index (χ3n) is 4.48. The van der Waals surface area contributed by atoms with Crippen molar-refractivity contribution >= 4 is 52.5 Å². The lowest BCUT2D eigenvalue weighted by Gasteiger charge is -2.10. The Bertz CT molecular complexity index is 1170. The Morgan fingerprint density at radius 2 is 1.91 bits per heavy atom. The molecule has 0 radical (unpaired) electrons. The third kappa shape index (κ3) is 6.99. The summed E-state index contributed by atoms with van der Waals surface area (Å²) in [5, 5.41) is 15.2. The van der Waals surface area contributed by atoms with Gasteiger partial charge in [-0.25, -0.2) is 0 Å². The molecule has 178 valence electrons. The number of nitrogens with one attached hydrogen (secondary N) is 2. The second-order valence-electron chi connectivity index (χ2n) is 6.90. The molecule has 0 spiro atoms. The number of ether oxygens (including phenoxy) is 1. The summed E-state index contributed by atoms with van der Waals surface area (Å²) in [6, 6.07) is 11.8. The van der Waals surface area contributed by atoms with Crippen molar-refractivity contribution in [3.8, 4) is 5.75 Å². The maximum Gasteiger partial charge on any atom is 0.251 e. The number of allylic oxidation sites excluding steroid dienone is 1. The van der Waals surface area contributed by atoms with Crippen LogP contribution in [0, 0.1) is 0 Å². The first-order chi connectivity index (χ1) is 16.4. The molecule has 1 heterocycles. The van der Waals surface area contributed by atoms with E-state index >= 15 is 0 Å². The van der Waals surface area contributed by atoms with E-state index in [1.165, 1.54) is 17.8 Å². The van der Waals surface area contributed by atoms with Crippen LogP contribution in [0.3, 0.4) is 0 Å². The van der Waals surface area contributed by atoms with E-state index in [0.717, 1.165) is 5.75 Å². The minimum Gasteiger partial charge on any atom is -0.494 e. The second kappa shape index (κ2) is 12.5. The van der Waals surface area contributed by atoms with Crippen LogP contribution in [0.25, 0.3) is 0 Å². The molecule has 8 nitrogen and oxygen atoms in total. The Hall–Kier alpha value is -3.01. The molecule has 0 atom stereocenters. The fourth-order valence-electron chi connectivity index (χ4n) is 2.90. The SMILES string of the molecule is C=CCn1c(CNC(=O)c2ccc(Cl)c(Cl)c2)nnc1SCC(=O)Nc1ccc(OCC)cc1. The molecule has 0 aliphatic rings. The number of benzene rings is 2. The van der Waals surface area contributed by atoms with E-state index in [0.29, 0.717) is 45.4 Å². The van der Waals surface area contributed by atoms with Crippen molar-refractivity contribution in [2.45, 2.75) is 25.2 Å². The largest absolute Gasteiger partial charge is 0.494 e. The minimum atomic E-state index is -0.323. The molecule has 0 bridgehead atoms. The molecule has 2 aromatic carbocycles. The molecule has 1 aromatic heterocycles. The number of amides is 2. The Morgan fingerprint density at radius 3 is 2.59 bits per heavy atom. The summed E-state index contributed by atoms with van der Waals surface area (Å²) in [6.07, 6.45) is 1.69. The topological polar surface area (TPSA) is 98.1 Å². The molecular formula is C23H23Cl2N5O3S. The molecule has 0 saturated carbocycles. The summed E-state index contributed by atoms with van der Waals surface area (Å²) in [7, 11) is 0. The van der Waals surface area contributed by atoms with Gasteiger partial charge in [0.05, 0.1) is 28.9 Å². The summed E-state index contributed by atoms with van der Waals surface area (Å²) in [5.74, 6) is 0.902. The molecule has 34 heavy (non-hydrogen) atoms. The molecule has 11 heteroatoms. The highest BCUT2D eigenvalue weighted by Crippen LogP contribution is 2.23. The zero-order valence-electron chi connectivity index (χ0n) is 18.4. The molecule has 0 aliphatic heterocycles. The number of rotatable bonds is 11. The van der Waals surface area contributed by atoms with Gasteiger partial charge in [0.25, 0.3) is 5.91 Å². The predicted molar refractivity (Wildman–Crippen MR) is 135 cm³/mol. The maximum atomic E-state index is 12.4. The Kier molecular flexibility index (Phi) is 9.38. The molecule has 2 N–H and O–H groups in total. The van der Waals surface area contributed by atoms with Crippen LogP contribution in [0.15, 0.2) is 60.3 Å². The fraction of sp³-hybridized carbons (Fsp3) is 0.217. The number of nitrogens with zero attached hydrogens (tertiary/aromatic N) is 3. The van der Waals surface area contributed by atoms with Gasteiger partial charge in [0.15, 0.2) is 11.0 Å². The van der Waals surface area contributed by atoms with Gasteiger partial charge in [-0.3, -0.25) is 9.59 Å². The highest BCUT2D eigenvalue weighted by Gasteiger charge is 2.15. The van der Waals surface area contributed by atoms with Gasteiger partial charge < -0.3 is 19.9 Å². The third-order valence-corrected chi connectivity index (χ3v) is 6.18. The van der Waals surface area contributed by atoms with Crippen molar-refractivity contribution in [2.75, 3.05) is 17.7 Å². The van der Waals surface area contributed by atoms with E-state index in [9.17, 15) is 9.59 Å². The van der Waals surface area contributed by atoms with Gasteiger partial charge in [0.1, 0.15) is 5.75 Å². The van der Waals surface area contributed by atoms with Crippen LogP contribution >= 0.6 is 35.0 Å². The number of halogens is 2. The quantitative estimate of drug-likeness (QED) is 0.278. The Balaban J connectivity index is 1.58. The second-order valence-corrected chi connectivity index (χ2v) is 8.66. The number of hydrogen-bond donors (Lipinski definition) is 2. The molecular weight excluding hydrogens is 497 g/mol. The van der Waals surface area contributed by atoms with Crippen molar-refractivity contribution in [3.63, 3.8) is 0 Å². The average Bonchev–Trinajstić information content (AvgIpc) is 3.21. The van der Waals surface area contributed by atoms with E-state index in [2.05, 4.69) is 27.4 Å². The summed E-state index contributed by atoms with van der Waals surface area (Å²) in [6.45, 7) is 6.81. The van der Waals surface area contributed by atoms with E-state index in [-0.39, 0.29) is 24.1 Å². The van der Waals surface area contributed by atoms with Crippen molar-refractivity contribution < 1.29 is 14.3 Å². The first-order valence-corrected chi connectivity index (χ1v) is 12.1. The van der Waals surface area contributed by atoms with Gasteiger partial charge in [-0.15, -0.1) is 16.8 Å². The minimum absolute atomic E-state index is 0.137. The fourth-order valence-corrected chi connectivity index (χ4v) is 3.96. The van der Waals surface area contributed by atoms with Crippen LogP contribution in [0.1, 0.15) is 23.1 Å². The smallest absolute Gasteiger partial charge is 0.251 e. The molecule has 2 amide bonds. The lowest BCUT2D eigenvalue weighted by molar-refractivity contribution is -0.113. The number of hydrogen-bond acceptors (Lipinski definition) is 6. The van der Waals surface area contributed by atoms with E-state index < -0.39 is 0 Å². The van der Waals surface area contributed by atoms with Crippen LogP contribution in [0.5, 0.6) is 5.75 Å². The van der Waals surface area contributed by atoms with Crippen LogP contribution in [-0.2, 0) is 17.9 Å². The Labute approximate surface area is 211 Å². The molecule has 3 aromatic rings. The highest BCUT2D eigenvalue weighted by molar-refractivity contribution is 7.99.